The lowest BCUT2D eigenvalue weighted by molar-refractivity contribution is 0.0827. The number of hydrogen-bond donors (Lipinski definition) is 1. The van der Waals surface area contributed by atoms with E-state index in [0.717, 1.165) is 58.8 Å². The van der Waals surface area contributed by atoms with Gasteiger partial charge in [-0.1, -0.05) is 28.6 Å². The summed E-state index contributed by atoms with van der Waals surface area (Å²) in [4.78, 5) is 2.52. The Morgan fingerprint density at radius 2 is 1.80 bits per heavy atom. The summed E-state index contributed by atoms with van der Waals surface area (Å²) in [6, 6.07) is 10.4. The third kappa shape index (κ3) is 4.83. The third-order valence-electron chi connectivity index (χ3n) is 5.08. The molecule has 2 aliphatic heterocycles. The predicted molar refractivity (Wildman–Crippen MR) is 99.2 cm³/mol. The SMILES string of the molecule is CCN1CN(CCN2CCC(COC)(Nc3ccccc3)CC2)N=N1. The second kappa shape index (κ2) is 8.49. The fraction of sp³-hybridized carbons (Fsp3) is 0.667. The summed E-state index contributed by atoms with van der Waals surface area (Å²) in [5.41, 5.74) is 1.20. The van der Waals surface area contributed by atoms with E-state index in [1.54, 1.807) is 7.11 Å². The molecule has 7 heteroatoms. The Bertz CT molecular complexity index is 544. The summed E-state index contributed by atoms with van der Waals surface area (Å²) in [6.45, 7) is 8.68. The molecule has 0 atom stereocenters. The summed E-state index contributed by atoms with van der Waals surface area (Å²) < 4.78 is 5.54. The number of ether oxygens (including phenoxy) is 1. The van der Waals surface area contributed by atoms with Crippen LogP contribution in [0.25, 0.3) is 0 Å². The molecule has 2 aliphatic rings. The van der Waals surface area contributed by atoms with Crippen molar-refractivity contribution in [2.24, 2.45) is 10.4 Å². The zero-order valence-corrected chi connectivity index (χ0v) is 15.4. The first kappa shape index (κ1) is 17.9. The van der Waals surface area contributed by atoms with Crippen molar-refractivity contribution in [3.05, 3.63) is 30.3 Å². The van der Waals surface area contributed by atoms with Crippen molar-refractivity contribution in [3.8, 4) is 0 Å². The second-order valence-corrected chi connectivity index (χ2v) is 6.92. The molecule has 1 saturated heterocycles. The van der Waals surface area contributed by atoms with Crippen LogP contribution >= 0.6 is 0 Å². The molecule has 1 aromatic rings. The molecule has 138 valence electrons. The van der Waals surface area contributed by atoms with Crippen LogP contribution in [-0.2, 0) is 4.74 Å². The van der Waals surface area contributed by atoms with E-state index < -0.39 is 0 Å². The zero-order chi connectivity index (χ0) is 17.5. The van der Waals surface area contributed by atoms with Gasteiger partial charge in [0.25, 0.3) is 0 Å². The summed E-state index contributed by atoms with van der Waals surface area (Å²) in [7, 11) is 1.79. The van der Waals surface area contributed by atoms with Crippen LogP contribution in [0.1, 0.15) is 19.8 Å². The van der Waals surface area contributed by atoms with Crippen LogP contribution in [0.5, 0.6) is 0 Å². The monoisotopic (exact) mass is 346 g/mol. The Hall–Kier alpha value is -1.86. The number of rotatable bonds is 8. The minimum Gasteiger partial charge on any atom is -0.382 e. The average molecular weight is 346 g/mol. The van der Waals surface area contributed by atoms with Crippen molar-refractivity contribution in [2.45, 2.75) is 25.3 Å². The van der Waals surface area contributed by atoms with Crippen molar-refractivity contribution in [2.75, 3.05) is 58.4 Å². The maximum absolute atomic E-state index is 5.54. The van der Waals surface area contributed by atoms with E-state index in [1.165, 1.54) is 5.69 Å². The highest BCUT2D eigenvalue weighted by molar-refractivity contribution is 5.45. The zero-order valence-electron chi connectivity index (χ0n) is 15.4. The average Bonchev–Trinajstić information content (AvgIpc) is 3.10. The quantitative estimate of drug-likeness (QED) is 0.784. The van der Waals surface area contributed by atoms with Crippen LogP contribution in [0.15, 0.2) is 40.8 Å². The van der Waals surface area contributed by atoms with E-state index in [0.29, 0.717) is 0 Å². The maximum atomic E-state index is 5.54. The third-order valence-corrected chi connectivity index (χ3v) is 5.08. The molecular formula is C18H30N6O. The minimum absolute atomic E-state index is 0.0268. The molecule has 25 heavy (non-hydrogen) atoms. The summed E-state index contributed by atoms with van der Waals surface area (Å²) in [5.74, 6) is 0. The molecule has 1 N–H and O–H groups in total. The molecular weight excluding hydrogens is 316 g/mol. The highest BCUT2D eigenvalue weighted by atomic mass is 16.5. The van der Waals surface area contributed by atoms with Gasteiger partial charge in [-0.2, -0.15) is 0 Å². The number of piperidine rings is 1. The number of benzene rings is 1. The van der Waals surface area contributed by atoms with Crippen LogP contribution < -0.4 is 5.32 Å². The first-order valence-corrected chi connectivity index (χ1v) is 9.19. The molecule has 7 nitrogen and oxygen atoms in total. The normalized spacial score (nSPS) is 20.2. The van der Waals surface area contributed by atoms with Gasteiger partial charge < -0.3 is 15.0 Å². The smallest absolute Gasteiger partial charge is 0.126 e. The number of para-hydroxylation sites is 1. The largest absolute Gasteiger partial charge is 0.382 e. The van der Waals surface area contributed by atoms with Gasteiger partial charge >= 0.3 is 0 Å². The number of anilines is 1. The van der Waals surface area contributed by atoms with Crippen LogP contribution in [0.3, 0.4) is 0 Å². The topological polar surface area (TPSA) is 55.7 Å². The molecule has 3 rings (SSSR count). The Morgan fingerprint density at radius 3 is 2.44 bits per heavy atom. The Labute approximate surface area is 150 Å². The molecule has 0 amide bonds. The Balaban J connectivity index is 1.47. The molecule has 0 spiro atoms. The van der Waals surface area contributed by atoms with E-state index in [-0.39, 0.29) is 5.54 Å². The van der Waals surface area contributed by atoms with Crippen LogP contribution in [0, 0.1) is 0 Å². The first-order valence-electron chi connectivity index (χ1n) is 9.19. The van der Waals surface area contributed by atoms with Crippen molar-refractivity contribution >= 4 is 5.69 Å². The Kier molecular flexibility index (Phi) is 6.09. The molecule has 0 radical (unpaired) electrons. The standard InChI is InChI=1S/C18H30N6O/c1-3-23-16-24(21-20-23)14-13-22-11-9-18(10-12-22,15-25-2)19-17-7-5-4-6-8-17/h4-8,19H,3,9-16H2,1-2H3. The lowest BCUT2D eigenvalue weighted by Gasteiger charge is -2.42. The molecule has 0 aliphatic carbocycles. The minimum atomic E-state index is 0.0268. The molecule has 2 heterocycles. The fourth-order valence-corrected chi connectivity index (χ4v) is 3.51. The van der Waals surface area contributed by atoms with Gasteiger partial charge in [0, 0.05) is 39.0 Å². The summed E-state index contributed by atoms with van der Waals surface area (Å²) in [6.07, 6.45) is 2.16. The molecule has 1 aromatic carbocycles. The van der Waals surface area contributed by atoms with E-state index in [9.17, 15) is 0 Å². The highest BCUT2D eigenvalue weighted by Gasteiger charge is 2.34. The van der Waals surface area contributed by atoms with Crippen molar-refractivity contribution < 1.29 is 4.74 Å². The van der Waals surface area contributed by atoms with Crippen LogP contribution in [0.2, 0.25) is 0 Å². The van der Waals surface area contributed by atoms with Gasteiger partial charge in [-0.25, -0.2) is 0 Å². The van der Waals surface area contributed by atoms with Gasteiger partial charge in [0.05, 0.1) is 18.7 Å². The molecule has 0 bridgehead atoms. The summed E-state index contributed by atoms with van der Waals surface area (Å²) >= 11 is 0. The van der Waals surface area contributed by atoms with Crippen molar-refractivity contribution in [1.29, 1.82) is 0 Å². The van der Waals surface area contributed by atoms with Gasteiger partial charge in [-0.15, -0.1) is 0 Å². The van der Waals surface area contributed by atoms with E-state index in [2.05, 4.69) is 51.9 Å². The number of nitrogens with one attached hydrogen (secondary N) is 1. The second-order valence-electron chi connectivity index (χ2n) is 6.92. The lowest BCUT2D eigenvalue weighted by Crippen LogP contribution is -2.52. The van der Waals surface area contributed by atoms with Crippen molar-refractivity contribution in [1.82, 2.24) is 14.9 Å². The van der Waals surface area contributed by atoms with Crippen LogP contribution in [0.4, 0.5) is 5.69 Å². The molecule has 1 fully saturated rings. The van der Waals surface area contributed by atoms with E-state index in [1.807, 2.05) is 16.1 Å². The fourth-order valence-electron chi connectivity index (χ4n) is 3.51. The predicted octanol–water partition coefficient (Wildman–Crippen LogP) is 2.46. The number of methoxy groups -OCH3 is 1. The van der Waals surface area contributed by atoms with Gasteiger partial charge in [0.2, 0.25) is 0 Å². The van der Waals surface area contributed by atoms with Gasteiger partial charge in [0.15, 0.2) is 0 Å². The first-order chi connectivity index (χ1) is 12.2. The highest BCUT2D eigenvalue weighted by Crippen LogP contribution is 2.27. The number of likely N-dealkylation sites (tertiary alicyclic amines) is 1. The number of hydrogen-bond acceptors (Lipinski definition) is 7. The van der Waals surface area contributed by atoms with Crippen LogP contribution in [-0.4, -0.2) is 73.6 Å². The van der Waals surface area contributed by atoms with Gasteiger partial charge in [-0.05, 0) is 31.9 Å². The maximum Gasteiger partial charge on any atom is 0.126 e. The van der Waals surface area contributed by atoms with Crippen molar-refractivity contribution in [3.63, 3.8) is 0 Å². The van der Waals surface area contributed by atoms with Gasteiger partial charge in [0.1, 0.15) is 6.67 Å². The Morgan fingerprint density at radius 1 is 1.08 bits per heavy atom. The van der Waals surface area contributed by atoms with E-state index >= 15 is 0 Å². The molecule has 0 saturated carbocycles. The number of nitrogens with zero attached hydrogens (tertiary/aromatic N) is 5. The molecule has 0 unspecified atom stereocenters. The summed E-state index contributed by atoms with van der Waals surface area (Å²) in [5, 5.41) is 16.1. The van der Waals surface area contributed by atoms with E-state index in [4.69, 9.17) is 4.74 Å². The molecule has 0 aromatic heterocycles. The lowest BCUT2D eigenvalue weighted by atomic mass is 9.87. The van der Waals surface area contributed by atoms with Gasteiger partial charge in [-0.3, -0.25) is 10.0 Å².